The molecule has 0 bridgehead atoms. The van der Waals surface area contributed by atoms with Crippen LogP contribution in [0.1, 0.15) is 31.8 Å². The number of sulfonamides is 1. The van der Waals surface area contributed by atoms with Gasteiger partial charge in [0.25, 0.3) is 11.8 Å². The van der Waals surface area contributed by atoms with Gasteiger partial charge in [-0.1, -0.05) is 70.7 Å². The van der Waals surface area contributed by atoms with E-state index in [4.69, 9.17) is 52.1 Å². The summed E-state index contributed by atoms with van der Waals surface area (Å²) in [6.45, 7) is 3.26. The van der Waals surface area contributed by atoms with E-state index in [1.807, 2.05) is 6.92 Å². The number of rotatable bonds is 14. The molecule has 0 aliphatic carbocycles. The van der Waals surface area contributed by atoms with Gasteiger partial charge in [0, 0.05) is 68.8 Å². The fraction of sp³-hybridized carbons (Fsp3) is 0.302. The summed E-state index contributed by atoms with van der Waals surface area (Å²) in [7, 11) is -3.48. The zero-order chi connectivity index (χ0) is 46.9. The van der Waals surface area contributed by atoms with Crippen LogP contribution in [0.25, 0.3) is 0 Å². The number of amides is 6. The minimum Gasteiger partial charge on any atom is -0.329 e. The van der Waals surface area contributed by atoms with Crippen molar-refractivity contribution in [1.82, 2.24) is 24.3 Å². The maximum atomic E-state index is 13.1. The third-order valence-corrected chi connectivity index (χ3v) is 12.2. The van der Waals surface area contributed by atoms with Crippen LogP contribution in [0.5, 0.6) is 0 Å². The first kappa shape index (κ1) is 49.7. The molecule has 4 aromatic rings. The van der Waals surface area contributed by atoms with Crippen LogP contribution >= 0.6 is 46.4 Å². The van der Waals surface area contributed by atoms with E-state index in [1.165, 1.54) is 35.5 Å². The lowest BCUT2D eigenvalue weighted by atomic mass is 10.2. The number of nitrogens with zero attached hydrogens (tertiary/aromatic N) is 6. The number of carbonyl (C=O) groups is 6. The molecule has 3 N–H and O–H groups in total. The molecule has 0 aromatic heterocycles. The van der Waals surface area contributed by atoms with Crippen molar-refractivity contribution in [3.63, 3.8) is 0 Å². The molecule has 21 heteroatoms. The Morgan fingerprint density at radius 2 is 1.06 bits per heavy atom. The number of hydrogen-bond acceptors (Lipinski definition) is 9. The highest BCUT2D eigenvalue weighted by atomic mass is 35.5. The van der Waals surface area contributed by atoms with Gasteiger partial charge in [0.05, 0.1) is 6.26 Å². The van der Waals surface area contributed by atoms with Crippen molar-refractivity contribution >= 4 is 103 Å². The van der Waals surface area contributed by atoms with Crippen LogP contribution in [-0.4, -0.2) is 135 Å². The van der Waals surface area contributed by atoms with Crippen LogP contribution in [0.2, 0.25) is 20.1 Å². The van der Waals surface area contributed by atoms with Crippen LogP contribution < -0.4 is 20.3 Å². The van der Waals surface area contributed by atoms with E-state index in [9.17, 15) is 37.2 Å². The number of anilines is 2. The second kappa shape index (κ2) is 22.1. The summed E-state index contributed by atoms with van der Waals surface area (Å²) >= 11 is 24.3. The monoisotopic (exact) mass is 974 g/mol. The van der Waals surface area contributed by atoms with Gasteiger partial charge in [0.15, 0.2) is 0 Å². The zero-order valence-electron chi connectivity index (χ0n) is 35.1. The van der Waals surface area contributed by atoms with Gasteiger partial charge in [-0.25, -0.2) is 13.1 Å². The maximum Gasteiger partial charge on any atom is 0.254 e. The van der Waals surface area contributed by atoms with Crippen molar-refractivity contribution in [3.05, 3.63) is 127 Å². The first-order chi connectivity index (χ1) is 30.3. The van der Waals surface area contributed by atoms with Gasteiger partial charge in [-0.3, -0.25) is 38.6 Å². The summed E-state index contributed by atoms with van der Waals surface area (Å²) in [4.78, 5) is 85.3. The molecule has 2 fully saturated rings. The zero-order valence-corrected chi connectivity index (χ0v) is 38.9. The highest BCUT2D eigenvalue weighted by Gasteiger charge is 2.35. The van der Waals surface area contributed by atoms with Crippen LogP contribution in [-0.2, 0) is 29.2 Å². The molecule has 4 aromatic carbocycles. The topological polar surface area (TPSA) is 194 Å². The third-order valence-electron chi connectivity index (χ3n) is 10.2. The number of halogens is 4. The number of nitrogens with two attached hydrogens (primary N) is 1. The first-order valence-electron chi connectivity index (χ1n) is 19.7. The molecular formula is C43H46Cl4N8O8S. The largest absolute Gasteiger partial charge is 0.329 e. The van der Waals surface area contributed by atoms with Crippen LogP contribution in [0.15, 0.2) is 84.9 Å². The van der Waals surface area contributed by atoms with Gasteiger partial charge in [-0.15, -0.1) is 0 Å². The number of carbonyl (C=O) groups excluding carboxylic acids is 6. The second-order valence-electron chi connectivity index (χ2n) is 14.8. The van der Waals surface area contributed by atoms with Crippen LogP contribution in [0.4, 0.5) is 11.4 Å². The van der Waals surface area contributed by atoms with Gasteiger partial charge in [0.2, 0.25) is 33.7 Å². The van der Waals surface area contributed by atoms with Crippen molar-refractivity contribution < 1.29 is 37.2 Å². The molecule has 2 heterocycles. The van der Waals surface area contributed by atoms with Crippen LogP contribution in [0, 0.1) is 13.8 Å². The second-order valence-corrected chi connectivity index (χ2v) is 18.3. The lowest BCUT2D eigenvalue weighted by Crippen LogP contribution is -2.45. The van der Waals surface area contributed by atoms with Crippen molar-refractivity contribution in [1.29, 1.82) is 0 Å². The molecule has 6 rings (SSSR count). The SMILES string of the molecule is Cc1c(Cl)cccc1N1CN(C(=O)CN(CCN)C(=O)c2cccc(Cl)c2)CC1=O.Cc1c(Cl)cccc1N1CN(C(=O)CN(CCNS(C)(=O)=O)C(=O)c2cccc(Cl)c2)CC1=O. The van der Waals surface area contributed by atoms with Gasteiger partial charge in [0.1, 0.15) is 39.5 Å². The molecular weight excluding hydrogens is 930 g/mol. The minimum absolute atomic E-state index is 0.0135. The molecule has 64 heavy (non-hydrogen) atoms. The molecule has 16 nitrogen and oxygen atoms in total. The van der Waals surface area contributed by atoms with E-state index >= 15 is 0 Å². The van der Waals surface area contributed by atoms with Crippen molar-refractivity contribution in [2.75, 3.05) is 81.8 Å². The average Bonchev–Trinajstić information content (AvgIpc) is 3.83. The quantitative estimate of drug-likeness (QED) is 0.181. The van der Waals surface area contributed by atoms with Gasteiger partial charge in [-0.2, -0.15) is 0 Å². The van der Waals surface area contributed by atoms with E-state index in [-0.39, 0.29) is 94.9 Å². The standard InChI is InChI=1S/C22H24Cl2N4O5S.C21H22Cl2N4O3/c1-15-18(24)7-4-8-19(15)28-14-27(13-21(28)30)20(29)12-26(10-9-25-34(2,32)33)22(31)16-5-3-6-17(23)11-16;1-14-17(23)6-3-7-18(14)27-13-26(12-20(27)29)19(28)11-25(9-8-24)21(30)15-4-2-5-16(22)10-15/h3-8,11,25H,9-10,12-14H2,1-2H3;2-7,10H,8-9,11-13,24H2,1H3. The fourth-order valence-electron chi connectivity index (χ4n) is 6.79. The summed E-state index contributed by atoms with van der Waals surface area (Å²) in [5, 5.41) is 1.83. The Bertz CT molecular complexity index is 2550. The molecule has 0 radical (unpaired) electrons. The molecule has 2 aliphatic rings. The summed E-state index contributed by atoms with van der Waals surface area (Å²) in [5.74, 6) is -2.10. The number of nitrogens with one attached hydrogen (secondary N) is 1. The predicted octanol–water partition coefficient (Wildman–Crippen LogP) is 4.66. The van der Waals surface area contributed by atoms with E-state index in [0.717, 1.165) is 17.4 Å². The molecule has 2 saturated heterocycles. The lowest BCUT2D eigenvalue weighted by Gasteiger charge is -2.25. The summed E-state index contributed by atoms with van der Waals surface area (Å²) in [5.41, 5.74) is 9.02. The Kier molecular flexibility index (Phi) is 17.2. The van der Waals surface area contributed by atoms with Gasteiger partial charge >= 0.3 is 0 Å². The van der Waals surface area contributed by atoms with Gasteiger partial charge < -0.3 is 25.3 Å². The molecule has 6 amide bonds. The molecule has 0 unspecified atom stereocenters. The van der Waals surface area contributed by atoms with E-state index in [0.29, 0.717) is 37.0 Å². The molecule has 340 valence electrons. The first-order valence-corrected chi connectivity index (χ1v) is 23.1. The van der Waals surface area contributed by atoms with Gasteiger partial charge in [-0.05, 0) is 85.6 Å². The number of hydrogen-bond donors (Lipinski definition) is 2. The minimum atomic E-state index is -3.48. The normalized spacial score (nSPS) is 13.8. The smallest absolute Gasteiger partial charge is 0.254 e. The fourth-order valence-corrected chi connectivity index (χ4v) is 7.97. The Hall–Kier alpha value is -5.27. The van der Waals surface area contributed by atoms with Crippen molar-refractivity contribution in [2.45, 2.75) is 13.8 Å². The Balaban J connectivity index is 0.000000243. The summed E-state index contributed by atoms with van der Waals surface area (Å²) in [6, 6.07) is 23.2. The van der Waals surface area contributed by atoms with Crippen molar-refractivity contribution in [3.8, 4) is 0 Å². The average molecular weight is 977 g/mol. The molecule has 0 spiro atoms. The summed E-state index contributed by atoms with van der Waals surface area (Å²) in [6.07, 6.45) is 1.00. The lowest BCUT2D eigenvalue weighted by molar-refractivity contribution is -0.132. The van der Waals surface area contributed by atoms with E-state index < -0.39 is 21.8 Å². The van der Waals surface area contributed by atoms with Crippen molar-refractivity contribution in [2.24, 2.45) is 5.73 Å². The molecule has 0 saturated carbocycles. The van der Waals surface area contributed by atoms with Crippen LogP contribution in [0.3, 0.4) is 0 Å². The van der Waals surface area contributed by atoms with E-state index in [1.54, 1.807) is 85.8 Å². The Morgan fingerprint density at radius 3 is 1.45 bits per heavy atom. The highest BCUT2D eigenvalue weighted by Crippen LogP contribution is 2.30. The Morgan fingerprint density at radius 1 is 0.656 bits per heavy atom. The third kappa shape index (κ3) is 12.9. The maximum absolute atomic E-state index is 13.1. The number of benzene rings is 4. The van der Waals surface area contributed by atoms with E-state index in [2.05, 4.69) is 4.72 Å². The predicted molar refractivity (Wildman–Crippen MR) is 247 cm³/mol. The highest BCUT2D eigenvalue weighted by molar-refractivity contribution is 7.88. The molecule has 0 atom stereocenters. The molecule has 2 aliphatic heterocycles. The Labute approximate surface area is 391 Å². The summed E-state index contributed by atoms with van der Waals surface area (Å²) < 4.78 is 25.2.